The fraction of sp³-hybridized carbons (Fsp3) is 0.304. The third kappa shape index (κ3) is 5.84. The number of hydrogen-bond donors (Lipinski definition) is 0. The van der Waals surface area contributed by atoms with Crippen LogP contribution in [-0.2, 0) is 11.3 Å². The summed E-state index contributed by atoms with van der Waals surface area (Å²) in [5.41, 5.74) is 1.57. The Labute approximate surface area is 199 Å². The van der Waals surface area contributed by atoms with Crippen LogP contribution in [-0.4, -0.2) is 28.8 Å². The lowest BCUT2D eigenvalue weighted by Gasteiger charge is -2.18. The number of carbonyl (C=O) groups excluding carboxylic acids is 2. The maximum Gasteiger partial charge on any atom is 0.293 e. The summed E-state index contributed by atoms with van der Waals surface area (Å²) in [6.45, 7) is 6.62. The zero-order chi connectivity index (χ0) is 22.5. The molecule has 3 rings (SSSR count). The number of hydrogen-bond acceptors (Lipinski definition) is 5. The van der Waals surface area contributed by atoms with Gasteiger partial charge in [0.25, 0.3) is 11.1 Å². The van der Waals surface area contributed by atoms with Crippen LogP contribution in [0.25, 0.3) is 6.08 Å². The van der Waals surface area contributed by atoms with Gasteiger partial charge < -0.3 is 9.47 Å². The molecular formula is C23H23BrClNO4S. The van der Waals surface area contributed by atoms with Crippen molar-refractivity contribution in [1.82, 2.24) is 4.90 Å². The van der Waals surface area contributed by atoms with Gasteiger partial charge in [-0.05, 0) is 89.4 Å². The first-order valence-corrected chi connectivity index (χ1v) is 11.9. The number of thioether (sulfide) groups is 1. The molecule has 2 aromatic carbocycles. The van der Waals surface area contributed by atoms with E-state index in [1.165, 1.54) is 4.90 Å². The maximum absolute atomic E-state index is 12.9. The zero-order valence-corrected chi connectivity index (χ0v) is 20.6. The van der Waals surface area contributed by atoms with Gasteiger partial charge in [-0.2, -0.15) is 0 Å². The van der Waals surface area contributed by atoms with E-state index < -0.39 is 0 Å². The van der Waals surface area contributed by atoms with Gasteiger partial charge in [-0.15, -0.1) is 0 Å². The van der Waals surface area contributed by atoms with Gasteiger partial charge in [0, 0.05) is 5.02 Å². The molecular weight excluding hydrogens is 502 g/mol. The van der Waals surface area contributed by atoms with Crippen LogP contribution in [0, 0.1) is 0 Å². The fourth-order valence-electron chi connectivity index (χ4n) is 2.89. The van der Waals surface area contributed by atoms with Gasteiger partial charge in [-0.1, -0.05) is 30.7 Å². The molecule has 0 bridgehead atoms. The molecule has 1 fully saturated rings. The van der Waals surface area contributed by atoms with Gasteiger partial charge in [0.05, 0.1) is 28.6 Å². The summed E-state index contributed by atoms with van der Waals surface area (Å²) >= 11 is 10.4. The number of rotatable bonds is 8. The van der Waals surface area contributed by atoms with Gasteiger partial charge in [-0.25, -0.2) is 0 Å². The molecule has 1 aliphatic rings. The third-order valence-corrected chi connectivity index (χ3v) is 6.40. The molecule has 2 amide bonds. The van der Waals surface area contributed by atoms with Crippen molar-refractivity contribution in [2.75, 3.05) is 6.61 Å². The standard InChI is InChI=1S/C23H23BrClNO4S/c1-4-14(3)30-21-18(24)10-16(11-19(21)29-5-2)12-20-22(27)26(23(28)31-20)13-15-6-8-17(25)9-7-15/h6-12,14H,4-5,13H2,1-3H3/b20-12+/t14-/m1/s1. The monoisotopic (exact) mass is 523 g/mol. The molecule has 0 N–H and O–H groups in total. The first-order chi connectivity index (χ1) is 14.8. The predicted molar refractivity (Wildman–Crippen MR) is 129 cm³/mol. The number of benzene rings is 2. The highest BCUT2D eigenvalue weighted by Crippen LogP contribution is 2.40. The highest BCUT2D eigenvalue weighted by Gasteiger charge is 2.35. The van der Waals surface area contributed by atoms with E-state index in [1.807, 2.05) is 32.9 Å². The van der Waals surface area contributed by atoms with Crippen LogP contribution in [0.1, 0.15) is 38.3 Å². The van der Waals surface area contributed by atoms with Crippen molar-refractivity contribution >= 4 is 56.5 Å². The Balaban J connectivity index is 1.86. The van der Waals surface area contributed by atoms with Crippen LogP contribution >= 0.6 is 39.3 Å². The SMILES string of the molecule is CCOc1cc(/C=C2/SC(=O)N(Cc3ccc(Cl)cc3)C2=O)cc(Br)c1O[C@H](C)CC. The molecule has 0 aliphatic carbocycles. The molecule has 8 heteroatoms. The van der Waals surface area contributed by atoms with Crippen LogP contribution in [0.15, 0.2) is 45.8 Å². The lowest BCUT2D eigenvalue weighted by molar-refractivity contribution is -0.123. The van der Waals surface area contributed by atoms with Crippen molar-refractivity contribution in [3.8, 4) is 11.5 Å². The first-order valence-electron chi connectivity index (χ1n) is 9.95. The Morgan fingerprint density at radius 2 is 1.90 bits per heavy atom. The number of halogens is 2. The fourth-order valence-corrected chi connectivity index (χ4v) is 4.41. The minimum absolute atomic E-state index is 0.0331. The van der Waals surface area contributed by atoms with Crippen molar-refractivity contribution < 1.29 is 19.1 Å². The lowest BCUT2D eigenvalue weighted by atomic mass is 10.1. The van der Waals surface area contributed by atoms with E-state index in [4.69, 9.17) is 21.1 Å². The average Bonchev–Trinajstić information content (AvgIpc) is 2.99. The van der Waals surface area contributed by atoms with Crippen molar-refractivity contribution in [2.24, 2.45) is 0 Å². The highest BCUT2D eigenvalue weighted by atomic mass is 79.9. The molecule has 0 unspecified atom stereocenters. The molecule has 0 spiro atoms. The Morgan fingerprint density at radius 3 is 2.55 bits per heavy atom. The lowest BCUT2D eigenvalue weighted by Crippen LogP contribution is -2.27. The topological polar surface area (TPSA) is 55.8 Å². The van der Waals surface area contributed by atoms with Gasteiger partial charge in [0.15, 0.2) is 11.5 Å². The molecule has 1 aliphatic heterocycles. The molecule has 5 nitrogen and oxygen atoms in total. The van der Waals surface area contributed by atoms with Crippen molar-refractivity contribution in [3.63, 3.8) is 0 Å². The number of carbonyl (C=O) groups is 2. The summed E-state index contributed by atoms with van der Waals surface area (Å²) in [5, 5.41) is 0.307. The third-order valence-electron chi connectivity index (χ3n) is 4.65. The van der Waals surface area contributed by atoms with Gasteiger partial charge in [-0.3, -0.25) is 14.5 Å². The summed E-state index contributed by atoms with van der Waals surface area (Å²) in [6.07, 6.45) is 2.60. The largest absolute Gasteiger partial charge is 0.490 e. The maximum atomic E-state index is 12.9. The quantitative estimate of drug-likeness (QED) is 0.351. The van der Waals surface area contributed by atoms with E-state index in [9.17, 15) is 9.59 Å². The summed E-state index contributed by atoms with van der Waals surface area (Å²) in [7, 11) is 0. The smallest absolute Gasteiger partial charge is 0.293 e. The molecule has 0 radical (unpaired) electrons. The van der Waals surface area contributed by atoms with Crippen molar-refractivity contribution in [1.29, 1.82) is 0 Å². The summed E-state index contributed by atoms with van der Waals surface area (Å²) in [4.78, 5) is 26.9. The van der Waals surface area contributed by atoms with Crippen LogP contribution in [0.5, 0.6) is 11.5 Å². The number of amides is 2. The van der Waals surface area contributed by atoms with E-state index in [2.05, 4.69) is 15.9 Å². The Morgan fingerprint density at radius 1 is 1.19 bits per heavy atom. The van der Waals surface area contributed by atoms with Crippen LogP contribution in [0.4, 0.5) is 4.79 Å². The summed E-state index contributed by atoms with van der Waals surface area (Å²) in [6, 6.07) is 10.8. The second kappa shape index (κ2) is 10.6. The number of ether oxygens (including phenoxy) is 2. The van der Waals surface area contributed by atoms with E-state index in [1.54, 1.807) is 30.3 Å². The van der Waals surface area contributed by atoms with Gasteiger partial charge in [0.2, 0.25) is 0 Å². The van der Waals surface area contributed by atoms with E-state index in [0.717, 1.165) is 33.8 Å². The van der Waals surface area contributed by atoms with E-state index in [0.29, 0.717) is 28.0 Å². The van der Waals surface area contributed by atoms with Crippen molar-refractivity contribution in [2.45, 2.75) is 39.8 Å². The molecule has 164 valence electrons. The molecule has 1 heterocycles. The second-order valence-corrected chi connectivity index (χ2v) is 9.28. The molecule has 0 aromatic heterocycles. The van der Waals surface area contributed by atoms with E-state index in [-0.39, 0.29) is 23.8 Å². The highest BCUT2D eigenvalue weighted by molar-refractivity contribution is 9.10. The van der Waals surface area contributed by atoms with Crippen molar-refractivity contribution in [3.05, 3.63) is 61.9 Å². The second-order valence-electron chi connectivity index (χ2n) is 6.99. The number of imide groups is 1. The number of nitrogens with zero attached hydrogens (tertiary/aromatic N) is 1. The van der Waals surface area contributed by atoms with Crippen LogP contribution in [0.3, 0.4) is 0 Å². The van der Waals surface area contributed by atoms with Gasteiger partial charge in [0.1, 0.15) is 0 Å². The van der Waals surface area contributed by atoms with Crippen LogP contribution < -0.4 is 9.47 Å². The molecule has 2 aromatic rings. The average molecular weight is 525 g/mol. The predicted octanol–water partition coefficient (Wildman–Crippen LogP) is 6.92. The Bertz CT molecular complexity index is 1010. The molecule has 0 saturated carbocycles. The Kier molecular flexibility index (Phi) is 8.08. The van der Waals surface area contributed by atoms with Crippen LogP contribution in [0.2, 0.25) is 5.02 Å². The zero-order valence-electron chi connectivity index (χ0n) is 17.5. The first kappa shape index (κ1) is 23.7. The molecule has 1 saturated heterocycles. The molecule has 1 atom stereocenters. The Hall–Kier alpha value is -1.96. The van der Waals surface area contributed by atoms with Gasteiger partial charge >= 0.3 is 0 Å². The minimum Gasteiger partial charge on any atom is -0.490 e. The van der Waals surface area contributed by atoms with E-state index >= 15 is 0 Å². The summed E-state index contributed by atoms with van der Waals surface area (Å²) < 4.78 is 12.5. The normalized spacial score (nSPS) is 16.2. The molecule has 31 heavy (non-hydrogen) atoms. The summed E-state index contributed by atoms with van der Waals surface area (Å²) in [5.74, 6) is 0.895. The minimum atomic E-state index is -0.320.